The maximum Gasteiger partial charge on any atom is 0.410 e. The van der Waals surface area contributed by atoms with Crippen molar-refractivity contribution in [2.45, 2.75) is 31.2 Å². The van der Waals surface area contributed by atoms with Crippen molar-refractivity contribution in [1.82, 2.24) is 4.90 Å². The van der Waals surface area contributed by atoms with Crippen LogP contribution in [0.4, 0.5) is 4.79 Å². The molecule has 4 heteroatoms. The maximum atomic E-state index is 11.8. The van der Waals surface area contributed by atoms with Crippen LogP contribution in [-0.2, 0) is 4.74 Å². The smallest absolute Gasteiger partial charge is 0.410 e. The van der Waals surface area contributed by atoms with Crippen LogP contribution in [0.15, 0.2) is 30.3 Å². The lowest BCUT2D eigenvalue weighted by molar-refractivity contribution is 0.113. The zero-order valence-electron chi connectivity index (χ0n) is 11.7. The van der Waals surface area contributed by atoms with Crippen LogP contribution >= 0.6 is 0 Å². The van der Waals surface area contributed by atoms with Gasteiger partial charge in [-0.1, -0.05) is 30.3 Å². The number of rotatable bonds is 3. The first-order valence-electron chi connectivity index (χ1n) is 7.48. The maximum absolute atomic E-state index is 11.8. The highest BCUT2D eigenvalue weighted by Gasteiger charge is 2.38. The predicted octanol–water partition coefficient (Wildman–Crippen LogP) is 2.35. The molecule has 1 heterocycles. The molecule has 1 saturated carbocycles. The van der Waals surface area contributed by atoms with Gasteiger partial charge in [-0.2, -0.15) is 0 Å². The summed E-state index contributed by atoms with van der Waals surface area (Å²) in [5, 5.41) is 0. The molecule has 2 N–H and O–H groups in total. The Labute approximate surface area is 119 Å². The summed E-state index contributed by atoms with van der Waals surface area (Å²) in [6.07, 6.45) is 3.08. The molecule has 20 heavy (non-hydrogen) atoms. The van der Waals surface area contributed by atoms with Crippen LogP contribution in [0.25, 0.3) is 0 Å². The average Bonchev–Trinajstić information content (AvgIpc) is 2.93. The molecule has 2 aliphatic rings. The van der Waals surface area contributed by atoms with Gasteiger partial charge in [0, 0.05) is 6.04 Å². The molecule has 3 atom stereocenters. The summed E-state index contributed by atoms with van der Waals surface area (Å²) in [5.74, 6) is 0.929. The van der Waals surface area contributed by atoms with Gasteiger partial charge in [0.05, 0.1) is 6.54 Å². The lowest BCUT2D eigenvalue weighted by Crippen LogP contribution is -2.47. The first kappa shape index (κ1) is 13.4. The zero-order chi connectivity index (χ0) is 13.9. The number of carbonyl (C=O) groups is 1. The fraction of sp³-hybridized carbons (Fsp3) is 0.562. The Hall–Kier alpha value is -1.55. The summed E-state index contributed by atoms with van der Waals surface area (Å²) in [5.41, 5.74) is 7.29. The van der Waals surface area contributed by atoms with Crippen LogP contribution in [0, 0.1) is 5.92 Å². The van der Waals surface area contributed by atoms with Crippen molar-refractivity contribution in [3.63, 3.8) is 0 Å². The van der Waals surface area contributed by atoms with Gasteiger partial charge in [-0.3, -0.25) is 0 Å². The van der Waals surface area contributed by atoms with Crippen LogP contribution in [0.1, 0.15) is 30.7 Å². The number of hydrogen-bond donors (Lipinski definition) is 1. The SMILES string of the molecule is NCC1CCC(c2ccccc2)CC1N1CCOC1=O. The van der Waals surface area contributed by atoms with Crippen LogP contribution < -0.4 is 5.73 Å². The Balaban J connectivity index is 1.77. The summed E-state index contributed by atoms with van der Waals surface area (Å²) in [4.78, 5) is 13.7. The zero-order valence-corrected chi connectivity index (χ0v) is 11.7. The minimum atomic E-state index is -0.165. The quantitative estimate of drug-likeness (QED) is 0.920. The monoisotopic (exact) mass is 274 g/mol. The van der Waals surface area contributed by atoms with Crippen molar-refractivity contribution in [2.24, 2.45) is 11.7 Å². The fourth-order valence-electron chi connectivity index (χ4n) is 3.60. The number of nitrogens with zero attached hydrogens (tertiary/aromatic N) is 1. The molecule has 0 bridgehead atoms. The van der Waals surface area contributed by atoms with Crippen LogP contribution in [-0.4, -0.2) is 36.7 Å². The molecule has 1 aromatic rings. The van der Waals surface area contributed by atoms with Gasteiger partial charge in [0.15, 0.2) is 0 Å². The third-order valence-corrected chi connectivity index (χ3v) is 4.72. The van der Waals surface area contributed by atoms with E-state index in [0.717, 1.165) is 19.3 Å². The summed E-state index contributed by atoms with van der Waals surface area (Å²) >= 11 is 0. The highest BCUT2D eigenvalue weighted by Crippen LogP contribution is 2.38. The highest BCUT2D eigenvalue weighted by molar-refractivity contribution is 5.69. The fourth-order valence-corrected chi connectivity index (χ4v) is 3.60. The van der Waals surface area contributed by atoms with E-state index in [1.807, 2.05) is 11.0 Å². The third-order valence-electron chi connectivity index (χ3n) is 4.72. The molecule has 2 fully saturated rings. The van der Waals surface area contributed by atoms with E-state index in [-0.39, 0.29) is 12.1 Å². The number of ether oxygens (including phenoxy) is 1. The molecule has 4 nitrogen and oxygen atoms in total. The minimum absolute atomic E-state index is 0.165. The van der Waals surface area contributed by atoms with Gasteiger partial charge >= 0.3 is 6.09 Å². The van der Waals surface area contributed by atoms with Crippen molar-refractivity contribution in [3.8, 4) is 0 Å². The molecule has 1 amide bonds. The lowest BCUT2D eigenvalue weighted by Gasteiger charge is -2.39. The van der Waals surface area contributed by atoms with Crippen molar-refractivity contribution in [2.75, 3.05) is 19.7 Å². The Morgan fingerprint density at radius 2 is 2.05 bits per heavy atom. The van der Waals surface area contributed by atoms with Gasteiger partial charge < -0.3 is 15.4 Å². The molecule has 0 aromatic heterocycles. The van der Waals surface area contributed by atoms with Crippen LogP contribution in [0.2, 0.25) is 0 Å². The van der Waals surface area contributed by atoms with E-state index in [1.54, 1.807) is 0 Å². The second-order valence-electron chi connectivity index (χ2n) is 5.79. The van der Waals surface area contributed by atoms with Crippen molar-refractivity contribution in [1.29, 1.82) is 0 Å². The van der Waals surface area contributed by atoms with Crippen LogP contribution in [0.3, 0.4) is 0 Å². The van der Waals surface area contributed by atoms with Crippen molar-refractivity contribution >= 4 is 6.09 Å². The van der Waals surface area contributed by atoms with Gasteiger partial charge in [-0.25, -0.2) is 4.79 Å². The standard InChI is InChI=1S/C16H22N2O2/c17-11-14-7-6-13(12-4-2-1-3-5-12)10-15(14)18-8-9-20-16(18)19/h1-5,13-15H,6-11,17H2. The third kappa shape index (κ3) is 2.52. The van der Waals surface area contributed by atoms with Gasteiger partial charge in [0.1, 0.15) is 6.61 Å². The van der Waals surface area contributed by atoms with E-state index in [9.17, 15) is 4.79 Å². The number of amides is 1. The first-order valence-corrected chi connectivity index (χ1v) is 7.48. The molecule has 0 spiro atoms. The highest BCUT2D eigenvalue weighted by atomic mass is 16.6. The second-order valence-corrected chi connectivity index (χ2v) is 5.79. The Bertz CT molecular complexity index is 463. The molecule has 1 aliphatic heterocycles. The first-order chi connectivity index (χ1) is 9.79. The molecule has 0 radical (unpaired) electrons. The number of cyclic esters (lactones) is 1. The van der Waals surface area contributed by atoms with E-state index in [2.05, 4.69) is 24.3 Å². The largest absolute Gasteiger partial charge is 0.448 e. The number of nitrogens with two attached hydrogens (primary N) is 1. The van der Waals surface area contributed by atoms with Gasteiger partial charge in [-0.15, -0.1) is 0 Å². The molecule has 1 saturated heterocycles. The molecule has 1 aromatic carbocycles. The lowest BCUT2D eigenvalue weighted by atomic mass is 9.75. The Kier molecular flexibility index (Phi) is 3.92. The molecule has 108 valence electrons. The van der Waals surface area contributed by atoms with E-state index >= 15 is 0 Å². The number of carbonyl (C=O) groups excluding carboxylic acids is 1. The van der Waals surface area contributed by atoms with Crippen molar-refractivity contribution in [3.05, 3.63) is 35.9 Å². The summed E-state index contributed by atoms with van der Waals surface area (Å²) < 4.78 is 5.10. The molecule has 3 rings (SSSR count). The van der Waals surface area contributed by atoms with Gasteiger partial charge in [0.2, 0.25) is 0 Å². The topological polar surface area (TPSA) is 55.6 Å². The van der Waals surface area contributed by atoms with Gasteiger partial charge in [0.25, 0.3) is 0 Å². The molecular weight excluding hydrogens is 252 g/mol. The molecule has 1 aliphatic carbocycles. The average molecular weight is 274 g/mol. The molecular formula is C16H22N2O2. The Morgan fingerprint density at radius 3 is 2.70 bits per heavy atom. The van der Waals surface area contributed by atoms with Crippen LogP contribution in [0.5, 0.6) is 0 Å². The summed E-state index contributed by atoms with van der Waals surface area (Å²) in [6.45, 7) is 1.88. The van der Waals surface area contributed by atoms with E-state index in [4.69, 9.17) is 10.5 Å². The van der Waals surface area contributed by atoms with E-state index in [1.165, 1.54) is 5.56 Å². The Morgan fingerprint density at radius 1 is 1.25 bits per heavy atom. The summed E-state index contributed by atoms with van der Waals surface area (Å²) in [7, 11) is 0. The molecule has 3 unspecified atom stereocenters. The second kappa shape index (κ2) is 5.83. The summed E-state index contributed by atoms with van der Waals surface area (Å²) in [6, 6.07) is 10.8. The van der Waals surface area contributed by atoms with Gasteiger partial charge in [-0.05, 0) is 43.2 Å². The van der Waals surface area contributed by atoms with Crippen molar-refractivity contribution < 1.29 is 9.53 Å². The number of hydrogen-bond acceptors (Lipinski definition) is 3. The normalized spacial score (nSPS) is 30.4. The minimum Gasteiger partial charge on any atom is -0.448 e. The van der Waals surface area contributed by atoms with E-state index < -0.39 is 0 Å². The van der Waals surface area contributed by atoms with E-state index in [0.29, 0.717) is 31.5 Å². The predicted molar refractivity (Wildman–Crippen MR) is 77.4 cm³/mol. The number of benzene rings is 1.